The summed E-state index contributed by atoms with van der Waals surface area (Å²) in [5.74, 6) is -71.4. The van der Waals surface area contributed by atoms with Gasteiger partial charge in [0.05, 0.1) is 6.54 Å². The van der Waals surface area contributed by atoms with E-state index >= 15 is 35.1 Å². The lowest BCUT2D eigenvalue weighted by molar-refractivity contribution is -0.367. The van der Waals surface area contributed by atoms with E-state index in [0.29, 0.717) is 0 Å². The van der Waals surface area contributed by atoms with Crippen molar-refractivity contribution in [1.29, 1.82) is 0 Å². The fourth-order valence-electron chi connectivity index (χ4n) is 4.87. The van der Waals surface area contributed by atoms with Crippen LogP contribution in [-0.2, 0) is 0 Å². The minimum Gasteiger partial charge on any atom is -0.358 e. The van der Waals surface area contributed by atoms with Crippen LogP contribution in [0.5, 0.6) is 0 Å². The molecule has 0 radical (unpaired) electrons. The van der Waals surface area contributed by atoms with Gasteiger partial charge < -0.3 is 5.73 Å². The summed E-state index contributed by atoms with van der Waals surface area (Å²) in [6.45, 7) is 3.19. The predicted molar refractivity (Wildman–Crippen MR) is 127 cm³/mol. The summed E-state index contributed by atoms with van der Waals surface area (Å²) in [6, 6.07) is 0. The first-order valence-electron chi connectivity index (χ1n) is 12.6. The predicted octanol–water partition coefficient (Wildman–Crippen LogP) is 5.48. The second kappa shape index (κ2) is 13.8. The van der Waals surface area contributed by atoms with E-state index in [0.717, 1.165) is 6.54 Å². The first kappa shape index (κ1) is 38.9. The summed E-state index contributed by atoms with van der Waals surface area (Å²) in [5.41, 5.74) is -10.7. The van der Waals surface area contributed by atoms with Crippen molar-refractivity contribution in [2.75, 3.05) is 6.54 Å². The van der Waals surface area contributed by atoms with E-state index in [1.165, 1.54) is 6.42 Å². The Morgan fingerprint density at radius 1 is 0.286 bits per heavy atom. The Balaban J connectivity index is 0.00000154. The van der Waals surface area contributed by atoms with Crippen LogP contribution in [0.4, 0.5) is 87.8 Å². The monoisotopic (exact) mass is 739 g/mol. The quantitative estimate of drug-likeness (QED) is 0.122. The first-order chi connectivity index (χ1) is 22.6. The molecule has 0 aliphatic carbocycles. The molecule has 22 heteroatoms. The van der Waals surface area contributed by atoms with E-state index in [1.54, 1.807) is 0 Å². The van der Waals surface area contributed by atoms with Crippen LogP contribution in [0, 0.1) is 116 Å². The first-order valence-corrected chi connectivity index (χ1v) is 12.6. The van der Waals surface area contributed by atoms with Gasteiger partial charge in [-0.1, -0.05) is 6.92 Å². The Bertz CT molecular complexity index is 1610. The average Bonchev–Trinajstić information content (AvgIpc) is 3.08. The van der Waals surface area contributed by atoms with Gasteiger partial charge in [-0.3, -0.25) is 0 Å². The summed E-state index contributed by atoms with van der Waals surface area (Å²) in [7, 11) is 0. The summed E-state index contributed by atoms with van der Waals surface area (Å²) in [4.78, 5) is 0. The van der Waals surface area contributed by atoms with Crippen LogP contribution in [0.3, 0.4) is 0 Å². The minimum atomic E-state index is -7.22. The zero-order valence-corrected chi connectivity index (χ0v) is 23.3. The highest BCUT2D eigenvalue weighted by atomic mass is 19.2. The summed E-state index contributed by atoms with van der Waals surface area (Å²) < 4.78 is 294. The molecule has 0 bridgehead atoms. The highest BCUT2D eigenvalue weighted by Gasteiger charge is 2.52. The van der Waals surface area contributed by atoms with Crippen LogP contribution in [0.1, 0.15) is 13.3 Å². The number of hydrogen-bond acceptors (Lipinski definition) is 0. The van der Waals surface area contributed by atoms with Crippen LogP contribution in [0.15, 0.2) is 0 Å². The molecular formula is C27H10BF20N. The number of hydrogen-bond donors (Lipinski definition) is 1. The summed E-state index contributed by atoms with van der Waals surface area (Å²) >= 11 is 0. The van der Waals surface area contributed by atoms with E-state index in [4.69, 9.17) is 0 Å². The molecule has 0 amide bonds. The topological polar surface area (TPSA) is 27.6 Å². The molecule has 0 aromatic heterocycles. The fourth-order valence-corrected chi connectivity index (χ4v) is 4.87. The number of rotatable bonds is 5. The Morgan fingerprint density at radius 2 is 0.388 bits per heavy atom. The van der Waals surface area contributed by atoms with Crippen molar-refractivity contribution in [3.8, 4) is 0 Å². The van der Waals surface area contributed by atoms with Crippen molar-refractivity contribution < 1.29 is 93.5 Å². The fraction of sp³-hybridized carbons (Fsp3) is 0.111. The van der Waals surface area contributed by atoms with Crippen molar-refractivity contribution in [3.05, 3.63) is 116 Å². The molecule has 0 heterocycles. The summed E-state index contributed by atoms with van der Waals surface area (Å²) in [6.07, 6.45) is -6.01. The third-order valence-electron chi connectivity index (χ3n) is 7.06. The minimum absolute atomic E-state index is 1.07. The van der Waals surface area contributed by atoms with Crippen LogP contribution < -0.4 is 27.6 Å². The molecule has 4 aromatic carbocycles. The zero-order chi connectivity index (χ0) is 37.8. The Labute approximate surface area is 258 Å². The van der Waals surface area contributed by atoms with Crippen LogP contribution in [0.2, 0.25) is 0 Å². The highest BCUT2D eigenvalue weighted by molar-refractivity contribution is 7.20. The van der Waals surface area contributed by atoms with Gasteiger partial charge in [0.1, 0.15) is 52.7 Å². The van der Waals surface area contributed by atoms with Gasteiger partial charge in [-0.25, -0.2) is 87.8 Å². The highest BCUT2D eigenvalue weighted by Crippen LogP contribution is 2.30. The van der Waals surface area contributed by atoms with Gasteiger partial charge in [0.2, 0.25) is 0 Å². The van der Waals surface area contributed by atoms with Crippen LogP contribution in [0.25, 0.3) is 0 Å². The molecule has 0 saturated carbocycles. The van der Waals surface area contributed by atoms with Gasteiger partial charge in [-0.05, 0) is 6.42 Å². The molecule has 0 unspecified atom stereocenters. The maximum atomic E-state index is 15.4. The molecule has 0 spiro atoms. The van der Waals surface area contributed by atoms with E-state index in [9.17, 15) is 52.7 Å². The molecule has 1 nitrogen and oxygen atoms in total. The molecule has 0 saturated heterocycles. The second-order valence-corrected chi connectivity index (χ2v) is 9.65. The maximum absolute atomic E-state index is 15.4. The van der Waals surface area contributed by atoms with Crippen molar-refractivity contribution in [2.45, 2.75) is 13.3 Å². The van der Waals surface area contributed by atoms with E-state index in [1.807, 2.05) is 0 Å². The van der Waals surface area contributed by atoms with E-state index in [2.05, 4.69) is 12.7 Å². The summed E-state index contributed by atoms with van der Waals surface area (Å²) in [5, 5.41) is 0. The van der Waals surface area contributed by atoms with Gasteiger partial charge in [-0.15, -0.1) is 21.9 Å². The van der Waals surface area contributed by atoms with E-state index in [-0.39, 0.29) is 0 Å². The largest absolute Gasteiger partial charge is 0.358 e. The van der Waals surface area contributed by atoms with Crippen LogP contribution >= 0.6 is 0 Å². The van der Waals surface area contributed by atoms with Crippen molar-refractivity contribution in [1.82, 2.24) is 0 Å². The Kier molecular flexibility index (Phi) is 11.0. The lowest BCUT2D eigenvalue weighted by Gasteiger charge is -2.44. The van der Waals surface area contributed by atoms with Crippen molar-refractivity contribution in [2.24, 2.45) is 0 Å². The molecular weight excluding hydrogens is 729 g/mol. The molecule has 49 heavy (non-hydrogen) atoms. The normalized spacial score (nSPS) is 11.6. The molecule has 0 aliphatic rings. The van der Waals surface area contributed by atoms with Gasteiger partial charge in [-0.2, -0.15) is 0 Å². The number of halogens is 20. The number of benzene rings is 4. The van der Waals surface area contributed by atoms with Crippen molar-refractivity contribution >= 4 is 28.0 Å². The lowest BCUT2D eigenvalue weighted by atomic mass is 9.12. The number of quaternary nitrogens is 1. The maximum Gasteiger partial charge on any atom is 0.200 e. The average molecular weight is 739 g/mol. The smallest absolute Gasteiger partial charge is 0.200 e. The zero-order valence-electron chi connectivity index (χ0n) is 23.3. The molecule has 266 valence electrons. The lowest BCUT2D eigenvalue weighted by Crippen LogP contribution is -2.81. The van der Waals surface area contributed by atoms with Gasteiger partial charge >= 0.3 is 0 Å². The van der Waals surface area contributed by atoms with Gasteiger partial charge in [0, 0.05) is 0 Å². The Morgan fingerprint density at radius 3 is 0.490 bits per heavy atom. The third-order valence-corrected chi connectivity index (χ3v) is 7.06. The molecule has 3 N–H and O–H groups in total. The van der Waals surface area contributed by atoms with Gasteiger partial charge in [0.25, 0.3) is 0 Å². The van der Waals surface area contributed by atoms with Gasteiger partial charge in [0.15, 0.2) is 69.8 Å². The van der Waals surface area contributed by atoms with Crippen LogP contribution in [-0.4, -0.2) is 12.7 Å². The van der Waals surface area contributed by atoms with Crippen molar-refractivity contribution in [3.63, 3.8) is 0 Å². The Hall–Kier alpha value is -4.50. The molecule has 4 aromatic rings. The molecule has 4 rings (SSSR count). The molecule has 0 aliphatic heterocycles. The SMILES string of the molecule is CCC[NH3+].Fc1c(F)c(F)c([B-](c2c(F)c(F)c(F)c(F)c2F)(c2c(F)c(F)c(F)c(F)c2F)c2c(F)c(F)c(F)c(F)c2F)c(F)c1F. The second-order valence-electron chi connectivity index (χ2n) is 9.65. The van der Waals surface area contributed by atoms with E-state index < -0.39 is 144 Å². The molecule has 0 fully saturated rings. The molecule has 0 atom stereocenters. The third kappa shape index (κ3) is 5.52. The standard InChI is InChI=1S/C24BF20.C3H9N/c26-5-1(6(27)14(35)21(42)13(5)34)25(2-7(28)15(36)22(43)16(37)8(2)29,3-9(30)17(38)23(44)18(39)10(3)31)4-11(32)19(40)24(45)20(41)12(4)33;1-2-3-4/h;2-4H2,1H3/q-1;/p+1.